The molecule has 0 aliphatic rings. The Morgan fingerprint density at radius 2 is 2.00 bits per heavy atom. The molecule has 0 bridgehead atoms. The van der Waals surface area contributed by atoms with E-state index in [1.54, 1.807) is 24.9 Å². The van der Waals surface area contributed by atoms with Crippen molar-refractivity contribution in [1.29, 1.82) is 0 Å². The lowest BCUT2D eigenvalue weighted by molar-refractivity contribution is -0.142. The van der Waals surface area contributed by atoms with E-state index in [1.807, 2.05) is 36.5 Å². The van der Waals surface area contributed by atoms with Crippen LogP contribution in [0.5, 0.6) is 0 Å². The highest BCUT2D eigenvalue weighted by Crippen LogP contribution is 2.09. The van der Waals surface area contributed by atoms with Crippen molar-refractivity contribution >= 4 is 11.9 Å². The first-order valence-electron chi connectivity index (χ1n) is 7.03. The molecule has 0 radical (unpaired) electrons. The van der Waals surface area contributed by atoms with Crippen LogP contribution in [-0.4, -0.2) is 45.3 Å². The first-order chi connectivity index (χ1) is 10.5. The Hall–Kier alpha value is -2.63. The molecule has 1 atom stereocenters. The number of carboxylic acid groups (broad SMARTS) is 1. The number of benzene rings is 1. The predicted molar refractivity (Wildman–Crippen MR) is 81.7 cm³/mol. The third kappa shape index (κ3) is 3.94. The maximum Gasteiger partial charge on any atom is 0.308 e. The molecule has 1 heterocycles. The van der Waals surface area contributed by atoms with Crippen LogP contribution in [0.25, 0.3) is 5.69 Å². The second-order valence-corrected chi connectivity index (χ2v) is 5.32. The number of rotatable bonds is 6. The summed E-state index contributed by atoms with van der Waals surface area (Å²) in [4.78, 5) is 24.4. The van der Waals surface area contributed by atoms with Crippen LogP contribution in [0.4, 0.5) is 0 Å². The molecule has 22 heavy (non-hydrogen) atoms. The Morgan fingerprint density at radius 1 is 1.32 bits per heavy atom. The second-order valence-electron chi connectivity index (χ2n) is 5.32. The van der Waals surface area contributed by atoms with E-state index in [1.165, 1.54) is 4.90 Å². The molecule has 1 amide bonds. The molecule has 0 saturated heterocycles. The summed E-state index contributed by atoms with van der Waals surface area (Å²) in [5.74, 6) is -1.61. The van der Waals surface area contributed by atoms with Gasteiger partial charge in [-0.3, -0.25) is 9.59 Å². The number of hydrogen-bond donors (Lipinski definition) is 1. The Morgan fingerprint density at radius 3 is 2.64 bits per heavy atom. The van der Waals surface area contributed by atoms with Gasteiger partial charge in [0.15, 0.2) is 0 Å². The first-order valence-corrected chi connectivity index (χ1v) is 7.03. The van der Waals surface area contributed by atoms with Gasteiger partial charge in [0.05, 0.1) is 24.2 Å². The van der Waals surface area contributed by atoms with Gasteiger partial charge in [-0.25, -0.2) is 4.68 Å². The number of aromatic nitrogens is 2. The van der Waals surface area contributed by atoms with Crippen LogP contribution in [0.3, 0.4) is 0 Å². The quantitative estimate of drug-likeness (QED) is 0.879. The van der Waals surface area contributed by atoms with E-state index in [0.29, 0.717) is 0 Å². The van der Waals surface area contributed by atoms with E-state index < -0.39 is 11.9 Å². The first kappa shape index (κ1) is 15.8. The lowest BCUT2D eigenvalue weighted by Crippen LogP contribution is -2.34. The number of amides is 1. The number of likely N-dealkylation sites (N-methyl/N-ethyl adjacent to an activating group) is 1. The Balaban J connectivity index is 1.98. The molecule has 0 fully saturated rings. The molecule has 116 valence electrons. The van der Waals surface area contributed by atoms with Crippen molar-refractivity contribution in [1.82, 2.24) is 14.7 Å². The highest BCUT2D eigenvalue weighted by Gasteiger charge is 2.18. The summed E-state index contributed by atoms with van der Waals surface area (Å²) in [5.41, 5.74) is 1.72. The maximum absolute atomic E-state index is 12.1. The average Bonchev–Trinajstić information content (AvgIpc) is 2.96. The zero-order chi connectivity index (χ0) is 16.1. The Bertz CT molecular complexity index is 652. The zero-order valence-electron chi connectivity index (χ0n) is 12.6. The van der Waals surface area contributed by atoms with Gasteiger partial charge in [0.2, 0.25) is 5.91 Å². The number of aliphatic carboxylic acids is 1. The SMILES string of the molecule is CC(CN(C)C(=O)Cc1cnn(-c2ccccc2)c1)C(=O)O. The maximum atomic E-state index is 12.1. The van der Waals surface area contributed by atoms with E-state index >= 15 is 0 Å². The number of para-hydroxylation sites is 1. The standard InChI is InChI=1S/C16H19N3O3/c1-12(16(21)22)10-18(2)15(20)8-13-9-17-19(11-13)14-6-4-3-5-7-14/h3-7,9,11-12H,8,10H2,1-2H3,(H,21,22). The minimum atomic E-state index is -0.906. The summed E-state index contributed by atoms with van der Waals surface area (Å²) in [7, 11) is 1.61. The summed E-state index contributed by atoms with van der Waals surface area (Å²) < 4.78 is 1.71. The van der Waals surface area contributed by atoms with Crippen molar-refractivity contribution in [2.45, 2.75) is 13.3 Å². The predicted octanol–water partition coefficient (Wildman–Crippen LogP) is 1.59. The van der Waals surface area contributed by atoms with E-state index in [0.717, 1.165) is 11.3 Å². The lowest BCUT2D eigenvalue weighted by Gasteiger charge is -2.19. The molecule has 6 nitrogen and oxygen atoms in total. The van der Waals surface area contributed by atoms with Crippen molar-refractivity contribution in [2.24, 2.45) is 5.92 Å². The Labute approximate surface area is 129 Å². The van der Waals surface area contributed by atoms with Gasteiger partial charge in [0.25, 0.3) is 0 Å². The molecule has 6 heteroatoms. The monoisotopic (exact) mass is 301 g/mol. The number of carboxylic acids is 1. The van der Waals surface area contributed by atoms with Gasteiger partial charge in [-0.2, -0.15) is 5.10 Å². The molecular formula is C16H19N3O3. The Kier molecular flexibility index (Phi) is 4.93. The van der Waals surface area contributed by atoms with Crippen LogP contribution in [0.2, 0.25) is 0 Å². The molecule has 1 unspecified atom stereocenters. The van der Waals surface area contributed by atoms with Gasteiger partial charge in [0.1, 0.15) is 0 Å². The summed E-state index contributed by atoms with van der Waals surface area (Å²) in [6, 6.07) is 9.63. The number of carbonyl (C=O) groups is 2. The molecule has 0 saturated carbocycles. The lowest BCUT2D eigenvalue weighted by atomic mass is 10.1. The molecule has 0 aliphatic heterocycles. The van der Waals surface area contributed by atoms with Crippen molar-refractivity contribution in [3.05, 3.63) is 48.3 Å². The van der Waals surface area contributed by atoms with Gasteiger partial charge in [-0.05, 0) is 17.7 Å². The van der Waals surface area contributed by atoms with Crippen molar-refractivity contribution < 1.29 is 14.7 Å². The highest BCUT2D eigenvalue weighted by molar-refractivity contribution is 5.79. The normalized spacial score (nSPS) is 11.9. The van der Waals surface area contributed by atoms with Crippen LogP contribution >= 0.6 is 0 Å². The number of hydrogen-bond acceptors (Lipinski definition) is 3. The molecule has 2 rings (SSSR count). The molecule has 1 aromatic heterocycles. The minimum Gasteiger partial charge on any atom is -0.481 e. The van der Waals surface area contributed by atoms with Gasteiger partial charge in [-0.1, -0.05) is 25.1 Å². The van der Waals surface area contributed by atoms with E-state index in [-0.39, 0.29) is 18.9 Å². The zero-order valence-corrected chi connectivity index (χ0v) is 12.6. The number of nitrogens with zero attached hydrogens (tertiary/aromatic N) is 3. The van der Waals surface area contributed by atoms with E-state index in [4.69, 9.17) is 5.11 Å². The van der Waals surface area contributed by atoms with Crippen molar-refractivity contribution in [3.63, 3.8) is 0 Å². The van der Waals surface area contributed by atoms with Gasteiger partial charge < -0.3 is 10.0 Å². The van der Waals surface area contributed by atoms with Gasteiger partial charge >= 0.3 is 5.97 Å². The topological polar surface area (TPSA) is 75.4 Å². The van der Waals surface area contributed by atoms with Crippen LogP contribution in [0, 0.1) is 5.92 Å². The van der Waals surface area contributed by atoms with Gasteiger partial charge in [0, 0.05) is 19.8 Å². The molecular weight excluding hydrogens is 282 g/mol. The van der Waals surface area contributed by atoms with Crippen LogP contribution < -0.4 is 0 Å². The smallest absolute Gasteiger partial charge is 0.308 e. The minimum absolute atomic E-state index is 0.124. The summed E-state index contributed by atoms with van der Waals surface area (Å²) >= 11 is 0. The highest BCUT2D eigenvalue weighted by atomic mass is 16.4. The summed E-state index contributed by atoms with van der Waals surface area (Å²) in [5, 5.41) is 13.1. The fourth-order valence-corrected chi connectivity index (χ4v) is 2.07. The molecule has 0 spiro atoms. The van der Waals surface area contributed by atoms with Crippen molar-refractivity contribution in [3.8, 4) is 5.69 Å². The summed E-state index contributed by atoms with van der Waals surface area (Å²) in [6.45, 7) is 1.78. The largest absolute Gasteiger partial charge is 0.481 e. The fraction of sp³-hybridized carbons (Fsp3) is 0.312. The molecule has 0 aliphatic carbocycles. The van der Waals surface area contributed by atoms with Gasteiger partial charge in [-0.15, -0.1) is 0 Å². The van der Waals surface area contributed by atoms with E-state index in [2.05, 4.69) is 5.10 Å². The van der Waals surface area contributed by atoms with Crippen LogP contribution in [0.1, 0.15) is 12.5 Å². The van der Waals surface area contributed by atoms with Crippen LogP contribution in [-0.2, 0) is 16.0 Å². The second kappa shape index (κ2) is 6.89. The molecule has 1 N–H and O–H groups in total. The third-order valence-corrected chi connectivity index (χ3v) is 3.41. The van der Waals surface area contributed by atoms with E-state index in [9.17, 15) is 9.59 Å². The average molecular weight is 301 g/mol. The molecule has 2 aromatic rings. The summed E-state index contributed by atoms with van der Waals surface area (Å²) in [6.07, 6.45) is 3.66. The fourth-order valence-electron chi connectivity index (χ4n) is 2.07. The molecule has 1 aromatic carbocycles. The third-order valence-electron chi connectivity index (χ3n) is 3.41. The number of carbonyl (C=O) groups excluding carboxylic acids is 1. The van der Waals surface area contributed by atoms with Crippen molar-refractivity contribution in [2.75, 3.05) is 13.6 Å². The van der Waals surface area contributed by atoms with Crippen LogP contribution in [0.15, 0.2) is 42.7 Å².